The van der Waals surface area contributed by atoms with Gasteiger partial charge in [0.25, 0.3) is 0 Å². The highest BCUT2D eigenvalue weighted by atomic mass is 35.5. The van der Waals surface area contributed by atoms with Gasteiger partial charge in [0, 0.05) is 49.2 Å². The Labute approximate surface area is 153 Å². The molecule has 0 N–H and O–H groups in total. The fourth-order valence-electron chi connectivity index (χ4n) is 4.60. The number of hydrogen-bond donors (Lipinski definition) is 0. The van der Waals surface area contributed by atoms with E-state index < -0.39 is 0 Å². The van der Waals surface area contributed by atoms with Crippen LogP contribution >= 0.6 is 11.6 Å². The number of fused-ring (bicyclic) bond motifs is 3. The van der Waals surface area contributed by atoms with Gasteiger partial charge < -0.3 is 14.4 Å². The van der Waals surface area contributed by atoms with Crippen LogP contribution in [-0.4, -0.2) is 30.1 Å². The van der Waals surface area contributed by atoms with Gasteiger partial charge in [-0.15, -0.1) is 0 Å². The van der Waals surface area contributed by atoms with Crippen LogP contribution in [-0.2, 0) is 19.5 Å². The average Bonchev–Trinajstić information content (AvgIpc) is 2.92. The van der Waals surface area contributed by atoms with Gasteiger partial charge >= 0.3 is 0 Å². The minimum absolute atomic E-state index is 0.339. The lowest BCUT2D eigenvalue weighted by atomic mass is 10.0. The molecule has 0 radical (unpaired) electrons. The Kier molecular flexibility index (Phi) is 3.37. The Balaban J connectivity index is 1.76. The second-order valence-electron chi connectivity index (χ2n) is 7.38. The highest BCUT2D eigenvalue weighted by Gasteiger charge is 2.32. The van der Waals surface area contributed by atoms with Gasteiger partial charge in [0.05, 0.1) is 17.2 Å². The molecule has 1 aromatic heterocycles. The van der Waals surface area contributed by atoms with E-state index in [0.29, 0.717) is 6.04 Å². The van der Waals surface area contributed by atoms with Crippen LogP contribution in [0.15, 0.2) is 42.5 Å². The third-order valence-electron chi connectivity index (χ3n) is 5.87. The number of likely N-dealkylation sites (N-methyl/N-ethyl adjacent to an activating group) is 2. The number of aromatic nitrogens is 1. The van der Waals surface area contributed by atoms with Gasteiger partial charge in [0.2, 0.25) is 0 Å². The molecular formula is C21H22ClN3. The smallest absolute Gasteiger partial charge is 0.0725 e. The summed E-state index contributed by atoms with van der Waals surface area (Å²) in [5.74, 6) is 0. The number of anilines is 1. The number of nitrogens with zero attached hydrogens (tertiary/aromatic N) is 3. The largest absolute Gasteiger partial charge is 0.364 e. The first-order valence-corrected chi connectivity index (χ1v) is 9.31. The quantitative estimate of drug-likeness (QED) is 0.640. The lowest BCUT2D eigenvalue weighted by molar-refractivity contribution is 0.308. The molecule has 3 aromatic rings. The third kappa shape index (κ3) is 2.22. The van der Waals surface area contributed by atoms with Crippen LogP contribution in [0.25, 0.3) is 10.9 Å². The fraction of sp³-hybridized carbons (Fsp3) is 0.333. The predicted molar refractivity (Wildman–Crippen MR) is 105 cm³/mol. The van der Waals surface area contributed by atoms with Crippen LogP contribution in [0.4, 0.5) is 5.69 Å². The zero-order valence-corrected chi connectivity index (χ0v) is 15.4. The highest BCUT2D eigenvalue weighted by molar-refractivity contribution is 6.32. The lowest BCUT2D eigenvalue weighted by Gasteiger charge is -2.37. The molecule has 0 bridgehead atoms. The van der Waals surface area contributed by atoms with Crippen LogP contribution in [0.1, 0.15) is 22.9 Å². The maximum Gasteiger partial charge on any atom is 0.0725 e. The average molecular weight is 352 g/mol. The minimum Gasteiger partial charge on any atom is -0.364 e. The molecule has 4 heteroatoms. The van der Waals surface area contributed by atoms with Crippen LogP contribution < -0.4 is 4.90 Å². The Hall–Kier alpha value is -1.97. The highest BCUT2D eigenvalue weighted by Crippen LogP contribution is 2.44. The number of halogens is 1. The molecule has 0 spiro atoms. The van der Waals surface area contributed by atoms with E-state index in [1.54, 1.807) is 0 Å². The van der Waals surface area contributed by atoms with Gasteiger partial charge in [-0.2, -0.15) is 0 Å². The predicted octanol–water partition coefficient (Wildman–Crippen LogP) is 4.47. The number of rotatable bonds is 1. The van der Waals surface area contributed by atoms with E-state index in [-0.39, 0.29) is 0 Å². The van der Waals surface area contributed by atoms with E-state index >= 15 is 0 Å². The molecule has 1 unspecified atom stereocenters. The minimum atomic E-state index is 0.339. The van der Waals surface area contributed by atoms with Gasteiger partial charge in [-0.25, -0.2) is 0 Å². The topological polar surface area (TPSA) is 11.4 Å². The summed E-state index contributed by atoms with van der Waals surface area (Å²) < 4.78 is 2.57. The fourth-order valence-corrected chi connectivity index (χ4v) is 4.81. The molecule has 25 heavy (non-hydrogen) atoms. The van der Waals surface area contributed by atoms with Crippen LogP contribution in [0, 0.1) is 0 Å². The summed E-state index contributed by atoms with van der Waals surface area (Å²) in [5.41, 5.74) is 6.94. The van der Waals surface area contributed by atoms with Gasteiger partial charge in [-0.1, -0.05) is 41.9 Å². The second-order valence-corrected chi connectivity index (χ2v) is 7.82. The van der Waals surface area contributed by atoms with E-state index in [4.69, 9.17) is 11.6 Å². The number of benzene rings is 2. The molecule has 2 aromatic carbocycles. The summed E-state index contributed by atoms with van der Waals surface area (Å²) in [6, 6.07) is 15.4. The van der Waals surface area contributed by atoms with Crippen molar-refractivity contribution < 1.29 is 0 Å². The molecule has 2 aliphatic rings. The summed E-state index contributed by atoms with van der Waals surface area (Å²) in [5, 5.41) is 2.17. The van der Waals surface area contributed by atoms with E-state index in [2.05, 4.69) is 70.9 Å². The van der Waals surface area contributed by atoms with E-state index in [1.807, 2.05) is 0 Å². The summed E-state index contributed by atoms with van der Waals surface area (Å²) in [6.07, 6.45) is 1.11. The number of hydrogen-bond acceptors (Lipinski definition) is 2. The first kappa shape index (κ1) is 15.3. The van der Waals surface area contributed by atoms with Crippen molar-refractivity contribution in [1.82, 2.24) is 9.47 Å². The van der Waals surface area contributed by atoms with Crippen molar-refractivity contribution in [2.45, 2.75) is 25.6 Å². The van der Waals surface area contributed by atoms with Gasteiger partial charge in [0.15, 0.2) is 0 Å². The van der Waals surface area contributed by atoms with Crippen molar-refractivity contribution in [3.63, 3.8) is 0 Å². The Bertz CT molecular complexity index is 960. The summed E-state index contributed by atoms with van der Waals surface area (Å²) >= 11 is 6.52. The van der Waals surface area contributed by atoms with Gasteiger partial charge in [0.1, 0.15) is 0 Å². The van der Waals surface area contributed by atoms with Crippen molar-refractivity contribution in [2.75, 3.05) is 25.5 Å². The molecule has 128 valence electrons. The van der Waals surface area contributed by atoms with Crippen LogP contribution in [0.5, 0.6) is 0 Å². The lowest BCUT2D eigenvalue weighted by Crippen LogP contribution is -2.33. The molecule has 0 saturated carbocycles. The molecule has 5 rings (SSSR count). The molecule has 3 nitrogen and oxygen atoms in total. The molecule has 2 aliphatic heterocycles. The van der Waals surface area contributed by atoms with Gasteiger partial charge in [-0.3, -0.25) is 0 Å². The van der Waals surface area contributed by atoms with E-state index in [9.17, 15) is 0 Å². The summed E-state index contributed by atoms with van der Waals surface area (Å²) in [6.45, 7) is 3.14. The molecular weight excluding hydrogens is 330 g/mol. The zero-order chi connectivity index (χ0) is 17.1. The maximum absolute atomic E-state index is 6.52. The summed E-state index contributed by atoms with van der Waals surface area (Å²) in [4.78, 5) is 4.81. The molecule has 0 aliphatic carbocycles. The monoisotopic (exact) mass is 351 g/mol. The summed E-state index contributed by atoms with van der Waals surface area (Å²) in [7, 11) is 4.40. The first-order chi connectivity index (χ1) is 12.1. The van der Waals surface area contributed by atoms with Crippen molar-refractivity contribution >= 4 is 28.2 Å². The van der Waals surface area contributed by atoms with E-state index in [0.717, 1.165) is 31.1 Å². The maximum atomic E-state index is 6.52. The normalized spacial score (nSPS) is 20.1. The Morgan fingerprint density at radius 1 is 1.08 bits per heavy atom. The molecule has 0 fully saturated rings. The van der Waals surface area contributed by atoms with Crippen molar-refractivity contribution in [2.24, 2.45) is 0 Å². The van der Waals surface area contributed by atoms with Crippen molar-refractivity contribution in [3.8, 4) is 0 Å². The SMILES string of the molecule is CN1CCc2c(c3cc(Cl)cc4c3n2CC(c2ccccc2)N4C)C1. The molecule has 0 saturated heterocycles. The standard InChI is InChI=1S/C21H22ClN3/c1-23-9-8-18-17(12-23)16-10-15(22)11-19-21(16)25(18)13-20(24(19)2)14-6-4-3-5-7-14/h3-7,10-11,20H,8-9,12-13H2,1-2H3. The zero-order valence-electron chi connectivity index (χ0n) is 14.7. The first-order valence-electron chi connectivity index (χ1n) is 8.93. The molecule has 0 amide bonds. The van der Waals surface area contributed by atoms with E-state index in [1.165, 1.54) is 33.4 Å². The third-order valence-corrected chi connectivity index (χ3v) is 6.09. The Morgan fingerprint density at radius 3 is 2.68 bits per heavy atom. The second kappa shape index (κ2) is 5.52. The molecule has 3 heterocycles. The van der Waals surface area contributed by atoms with Gasteiger partial charge in [-0.05, 0) is 30.3 Å². The van der Waals surface area contributed by atoms with Crippen molar-refractivity contribution in [1.29, 1.82) is 0 Å². The van der Waals surface area contributed by atoms with Crippen molar-refractivity contribution in [3.05, 3.63) is 64.3 Å². The van der Waals surface area contributed by atoms with Crippen LogP contribution in [0.2, 0.25) is 5.02 Å². The molecule has 1 atom stereocenters. The van der Waals surface area contributed by atoms with Crippen LogP contribution in [0.3, 0.4) is 0 Å². The Morgan fingerprint density at radius 2 is 1.88 bits per heavy atom.